The van der Waals surface area contributed by atoms with Gasteiger partial charge in [-0.25, -0.2) is 9.48 Å². The monoisotopic (exact) mass is 481 g/mol. The van der Waals surface area contributed by atoms with Crippen molar-refractivity contribution in [3.63, 3.8) is 0 Å². The van der Waals surface area contributed by atoms with Gasteiger partial charge in [-0.2, -0.15) is 5.10 Å². The Morgan fingerprint density at radius 2 is 1.69 bits per heavy atom. The number of aryl methyl sites for hydroxylation is 1. The molecule has 3 aromatic carbocycles. The molecule has 6 heteroatoms. The summed E-state index contributed by atoms with van der Waals surface area (Å²) in [5.74, 6) is -0.868. The summed E-state index contributed by atoms with van der Waals surface area (Å²) in [6.45, 7) is 10.2. The van der Waals surface area contributed by atoms with Gasteiger partial charge in [-0.3, -0.25) is 4.79 Å². The number of carbonyl (C=O) groups is 2. The number of hydrogen-bond donors (Lipinski definition) is 1. The van der Waals surface area contributed by atoms with Crippen molar-refractivity contribution in [1.29, 1.82) is 0 Å². The lowest BCUT2D eigenvalue weighted by atomic mass is 9.91. The molecule has 1 heterocycles. The molecule has 0 saturated carbocycles. The number of nitrogens with one attached hydrogen (secondary N) is 1. The van der Waals surface area contributed by atoms with Crippen molar-refractivity contribution >= 4 is 33.9 Å². The fraction of sp³-hybridized carbons (Fsp3) is 0.233. The maximum absolute atomic E-state index is 12.9. The number of carbonyl (C=O) groups excluding carboxylic acids is 2. The molecule has 184 valence electrons. The number of hydrogen-bond acceptors (Lipinski definition) is 4. The Morgan fingerprint density at radius 3 is 2.39 bits per heavy atom. The molecule has 0 radical (unpaired) electrons. The van der Waals surface area contributed by atoms with Crippen LogP contribution in [-0.2, 0) is 14.9 Å². The number of anilines is 1. The van der Waals surface area contributed by atoms with E-state index in [4.69, 9.17) is 4.74 Å². The zero-order chi connectivity index (χ0) is 26.0. The van der Waals surface area contributed by atoms with E-state index < -0.39 is 5.97 Å². The largest absolute Gasteiger partial charge is 0.465 e. The highest BCUT2D eigenvalue weighted by atomic mass is 16.5. The van der Waals surface area contributed by atoms with Gasteiger partial charge in [-0.1, -0.05) is 57.2 Å². The van der Waals surface area contributed by atoms with Gasteiger partial charge < -0.3 is 10.1 Å². The lowest BCUT2D eigenvalue weighted by Gasteiger charge is -2.21. The highest BCUT2D eigenvalue weighted by Gasteiger charge is 2.22. The van der Waals surface area contributed by atoms with Crippen molar-refractivity contribution in [3.8, 4) is 5.69 Å². The number of benzene rings is 3. The SMILES string of the molecule is COC(=O)c1cc(-n2nc(C)cc2C(C)(C)C)ccc1NC(=O)C=C(C)c1ccc2ccccc2c1. The van der Waals surface area contributed by atoms with E-state index in [1.165, 1.54) is 13.2 Å². The number of ether oxygens (including phenoxy) is 1. The fourth-order valence-electron chi connectivity index (χ4n) is 4.17. The van der Waals surface area contributed by atoms with Gasteiger partial charge >= 0.3 is 5.97 Å². The van der Waals surface area contributed by atoms with Crippen LogP contribution in [0.2, 0.25) is 0 Å². The summed E-state index contributed by atoms with van der Waals surface area (Å²) >= 11 is 0. The van der Waals surface area contributed by atoms with Gasteiger partial charge in [0.1, 0.15) is 0 Å². The molecule has 0 spiro atoms. The minimum Gasteiger partial charge on any atom is -0.465 e. The van der Waals surface area contributed by atoms with E-state index in [1.54, 1.807) is 12.1 Å². The number of aromatic nitrogens is 2. The second kappa shape index (κ2) is 9.82. The van der Waals surface area contributed by atoms with E-state index >= 15 is 0 Å². The van der Waals surface area contributed by atoms with Crippen LogP contribution < -0.4 is 5.32 Å². The molecular weight excluding hydrogens is 450 g/mol. The lowest BCUT2D eigenvalue weighted by Crippen LogP contribution is -2.18. The molecule has 0 aliphatic carbocycles. The lowest BCUT2D eigenvalue weighted by molar-refractivity contribution is -0.111. The molecule has 0 aliphatic rings. The van der Waals surface area contributed by atoms with Gasteiger partial charge in [-0.05, 0) is 66.1 Å². The molecule has 1 amide bonds. The van der Waals surface area contributed by atoms with Crippen molar-refractivity contribution in [1.82, 2.24) is 9.78 Å². The standard InChI is InChI=1S/C30H31N3O3/c1-19(22-12-11-21-9-7-8-10-23(21)17-22)15-28(34)31-26-14-13-24(18-25(26)29(35)36-6)33-27(30(3,4)5)16-20(2)32-33/h7-18H,1-6H3,(H,31,34). The highest BCUT2D eigenvalue weighted by molar-refractivity contribution is 6.08. The van der Waals surface area contributed by atoms with Crippen molar-refractivity contribution in [2.24, 2.45) is 0 Å². The molecule has 1 aromatic heterocycles. The maximum Gasteiger partial charge on any atom is 0.340 e. The molecule has 0 unspecified atom stereocenters. The van der Waals surface area contributed by atoms with Crippen molar-refractivity contribution in [2.75, 3.05) is 12.4 Å². The molecule has 0 saturated heterocycles. The first-order valence-electron chi connectivity index (χ1n) is 11.8. The Bertz CT molecular complexity index is 1490. The summed E-state index contributed by atoms with van der Waals surface area (Å²) in [5.41, 5.74) is 4.87. The minimum absolute atomic E-state index is 0.148. The molecule has 6 nitrogen and oxygen atoms in total. The van der Waals surface area contributed by atoms with E-state index in [9.17, 15) is 9.59 Å². The first kappa shape index (κ1) is 24.9. The Hall–Kier alpha value is -4.19. The Labute approximate surface area is 211 Å². The predicted octanol–water partition coefficient (Wildman–Crippen LogP) is 6.46. The summed E-state index contributed by atoms with van der Waals surface area (Å²) < 4.78 is 6.84. The average molecular weight is 482 g/mol. The molecular formula is C30H31N3O3. The Morgan fingerprint density at radius 1 is 0.972 bits per heavy atom. The van der Waals surface area contributed by atoms with Crippen LogP contribution in [0.4, 0.5) is 5.69 Å². The molecule has 0 bridgehead atoms. The van der Waals surface area contributed by atoms with Crippen LogP contribution in [-0.4, -0.2) is 28.8 Å². The van der Waals surface area contributed by atoms with Crippen LogP contribution in [0.15, 0.2) is 72.8 Å². The van der Waals surface area contributed by atoms with Crippen molar-refractivity contribution in [2.45, 2.75) is 40.0 Å². The number of amides is 1. The number of rotatable bonds is 5. The quantitative estimate of drug-likeness (QED) is 0.262. The molecule has 0 aliphatic heterocycles. The van der Waals surface area contributed by atoms with Crippen LogP contribution in [0.1, 0.15) is 55.0 Å². The molecule has 36 heavy (non-hydrogen) atoms. The highest BCUT2D eigenvalue weighted by Crippen LogP contribution is 2.28. The molecule has 0 atom stereocenters. The van der Waals surface area contributed by atoms with Gasteiger partial charge in [-0.15, -0.1) is 0 Å². The zero-order valence-electron chi connectivity index (χ0n) is 21.5. The minimum atomic E-state index is -0.538. The molecule has 4 aromatic rings. The summed E-state index contributed by atoms with van der Waals surface area (Å²) in [7, 11) is 1.32. The number of esters is 1. The van der Waals surface area contributed by atoms with E-state index in [2.05, 4.69) is 43.3 Å². The van der Waals surface area contributed by atoms with Crippen LogP contribution in [0, 0.1) is 6.92 Å². The summed E-state index contributed by atoms with van der Waals surface area (Å²) in [6.07, 6.45) is 1.54. The number of fused-ring (bicyclic) bond motifs is 1. The average Bonchev–Trinajstić information content (AvgIpc) is 3.25. The Balaban J connectivity index is 1.65. The van der Waals surface area contributed by atoms with Crippen LogP contribution in [0.25, 0.3) is 22.0 Å². The third-order valence-electron chi connectivity index (χ3n) is 6.06. The maximum atomic E-state index is 12.9. The zero-order valence-corrected chi connectivity index (χ0v) is 21.5. The van der Waals surface area contributed by atoms with Crippen LogP contribution in [0.3, 0.4) is 0 Å². The van der Waals surface area contributed by atoms with E-state index in [1.807, 2.05) is 61.0 Å². The third-order valence-corrected chi connectivity index (χ3v) is 6.06. The van der Waals surface area contributed by atoms with Crippen LogP contribution in [0.5, 0.6) is 0 Å². The summed E-state index contributed by atoms with van der Waals surface area (Å²) in [4.78, 5) is 25.5. The van der Waals surface area contributed by atoms with Crippen molar-refractivity contribution < 1.29 is 14.3 Å². The topological polar surface area (TPSA) is 73.2 Å². The van der Waals surface area contributed by atoms with Gasteiger partial charge in [0.05, 0.1) is 29.7 Å². The smallest absolute Gasteiger partial charge is 0.340 e. The first-order chi connectivity index (χ1) is 17.1. The van der Waals surface area contributed by atoms with Crippen molar-refractivity contribution in [3.05, 3.63) is 95.3 Å². The van der Waals surface area contributed by atoms with E-state index in [0.717, 1.165) is 33.3 Å². The van der Waals surface area contributed by atoms with Gasteiger partial charge in [0.2, 0.25) is 5.91 Å². The second-order valence-corrected chi connectivity index (χ2v) is 9.93. The summed E-state index contributed by atoms with van der Waals surface area (Å²) in [6, 6.07) is 21.5. The molecule has 0 fully saturated rings. The predicted molar refractivity (Wildman–Crippen MR) is 145 cm³/mol. The van der Waals surface area contributed by atoms with E-state index in [0.29, 0.717) is 11.4 Å². The first-order valence-corrected chi connectivity index (χ1v) is 11.8. The number of methoxy groups -OCH3 is 1. The Kier molecular flexibility index (Phi) is 6.80. The third kappa shape index (κ3) is 5.23. The number of nitrogens with zero attached hydrogens (tertiary/aromatic N) is 2. The molecule has 1 N–H and O–H groups in total. The summed E-state index contributed by atoms with van der Waals surface area (Å²) in [5, 5.41) is 9.72. The van der Waals surface area contributed by atoms with Gasteiger partial charge in [0.15, 0.2) is 0 Å². The fourth-order valence-corrected chi connectivity index (χ4v) is 4.17. The van der Waals surface area contributed by atoms with E-state index in [-0.39, 0.29) is 16.9 Å². The van der Waals surface area contributed by atoms with Crippen LogP contribution >= 0.6 is 0 Å². The number of allylic oxidation sites excluding steroid dienone is 1. The molecule has 4 rings (SSSR count). The normalized spacial score (nSPS) is 12.0. The second-order valence-electron chi connectivity index (χ2n) is 9.93. The van der Waals surface area contributed by atoms with Gasteiger partial charge in [0, 0.05) is 17.2 Å². The van der Waals surface area contributed by atoms with Gasteiger partial charge in [0.25, 0.3) is 0 Å².